The van der Waals surface area contributed by atoms with Gasteiger partial charge in [-0.25, -0.2) is 15.0 Å². The Hall–Kier alpha value is -6.65. The van der Waals surface area contributed by atoms with Crippen molar-refractivity contribution in [2.45, 2.75) is 0 Å². The molecule has 2 aromatic heterocycles. The van der Waals surface area contributed by atoms with Crippen LogP contribution in [0.25, 0.3) is 99.5 Å². The van der Waals surface area contributed by atoms with Gasteiger partial charge in [0.25, 0.3) is 0 Å². The zero-order valence-corrected chi connectivity index (χ0v) is 26.3. The van der Waals surface area contributed by atoms with E-state index in [1.807, 2.05) is 48.5 Å². The van der Waals surface area contributed by atoms with Crippen LogP contribution in [0.5, 0.6) is 0 Å². The van der Waals surface area contributed by atoms with Crippen molar-refractivity contribution in [3.05, 3.63) is 164 Å². The molecule has 0 bridgehead atoms. The van der Waals surface area contributed by atoms with E-state index in [0.29, 0.717) is 17.5 Å². The fraction of sp³-hybridized carbons (Fsp3) is 0. The van der Waals surface area contributed by atoms with Gasteiger partial charge in [-0.2, -0.15) is 0 Å². The molecule has 0 saturated heterocycles. The second-order valence-corrected chi connectivity index (χ2v) is 12.4. The van der Waals surface area contributed by atoms with E-state index in [4.69, 9.17) is 19.4 Å². The summed E-state index contributed by atoms with van der Waals surface area (Å²) in [6, 6.07) is 56.9. The van der Waals surface area contributed by atoms with E-state index in [9.17, 15) is 0 Å². The Morgan fingerprint density at radius 1 is 0.265 bits per heavy atom. The van der Waals surface area contributed by atoms with E-state index in [2.05, 4.69) is 115 Å². The fourth-order valence-electron chi connectivity index (χ4n) is 7.10. The third kappa shape index (κ3) is 4.57. The predicted molar refractivity (Wildman–Crippen MR) is 201 cm³/mol. The van der Waals surface area contributed by atoms with Crippen LogP contribution in [-0.2, 0) is 0 Å². The quantitative estimate of drug-likeness (QED) is 0.183. The molecular formula is C45H27N3O. The number of hydrogen-bond donors (Lipinski definition) is 0. The summed E-state index contributed by atoms with van der Waals surface area (Å²) in [6.45, 7) is 0. The summed E-state index contributed by atoms with van der Waals surface area (Å²) in [5.41, 5.74) is 6.93. The van der Waals surface area contributed by atoms with E-state index in [0.717, 1.165) is 60.4 Å². The zero-order valence-electron chi connectivity index (χ0n) is 26.3. The number of hydrogen-bond acceptors (Lipinski definition) is 4. The highest BCUT2D eigenvalue weighted by atomic mass is 16.3. The highest BCUT2D eigenvalue weighted by Gasteiger charge is 2.17. The molecule has 0 saturated carbocycles. The first kappa shape index (κ1) is 27.5. The summed E-state index contributed by atoms with van der Waals surface area (Å²) in [5.74, 6) is 1.91. The largest absolute Gasteiger partial charge is 0.456 e. The summed E-state index contributed by atoms with van der Waals surface area (Å²) in [6.07, 6.45) is 0. The topological polar surface area (TPSA) is 51.8 Å². The number of benzene rings is 8. The lowest BCUT2D eigenvalue weighted by atomic mass is 9.92. The SMILES string of the molecule is c1ccc(-c2ccc(-c3nc(-c4ccccc4)nc(-c4ccc5c(c4)c4ccccc4c4cc6c(cc54)oc4ccccc46)n3)cc2)cc1. The van der Waals surface area contributed by atoms with Crippen molar-refractivity contribution in [3.63, 3.8) is 0 Å². The van der Waals surface area contributed by atoms with Crippen LogP contribution in [-0.4, -0.2) is 15.0 Å². The van der Waals surface area contributed by atoms with Crippen LogP contribution < -0.4 is 0 Å². The molecule has 228 valence electrons. The predicted octanol–water partition coefficient (Wildman–Crippen LogP) is 11.9. The van der Waals surface area contributed by atoms with Crippen LogP contribution in [0.2, 0.25) is 0 Å². The summed E-state index contributed by atoms with van der Waals surface area (Å²) < 4.78 is 6.33. The molecule has 8 aromatic carbocycles. The monoisotopic (exact) mass is 625 g/mol. The number of fused-ring (bicyclic) bond motifs is 9. The first-order valence-electron chi connectivity index (χ1n) is 16.4. The maximum Gasteiger partial charge on any atom is 0.164 e. The molecule has 4 nitrogen and oxygen atoms in total. The van der Waals surface area contributed by atoms with Gasteiger partial charge in [0, 0.05) is 27.5 Å². The summed E-state index contributed by atoms with van der Waals surface area (Å²) in [4.78, 5) is 15.1. The first-order chi connectivity index (χ1) is 24.3. The Balaban J connectivity index is 1.18. The third-order valence-corrected chi connectivity index (χ3v) is 9.51. The average molecular weight is 626 g/mol. The Labute approximate surface area is 282 Å². The zero-order chi connectivity index (χ0) is 32.3. The van der Waals surface area contributed by atoms with Crippen molar-refractivity contribution in [2.24, 2.45) is 0 Å². The molecule has 2 heterocycles. The fourth-order valence-corrected chi connectivity index (χ4v) is 7.10. The van der Waals surface area contributed by atoms with Crippen LogP contribution in [0.15, 0.2) is 168 Å². The number of aromatic nitrogens is 3. The maximum absolute atomic E-state index is 6.33. The minimum Gasteiger partial charge on any atom is -0.456 e. The smallest absolute Gasteiger partial charge is 0.164 e. The van der Waals surface area contributed by atoms with E-state index < -0.39 is 0 Å². The van der Waals surface area contributed by atoms with Crippen LogP contribution in [0, 0.1) is 0 Å². The molecule has 0 amide bonds. The third-order valence-electron chi connectivity index (χ3n) is 9.51. The van der Waals surface area contributed by atoms with Gasteiger partial charge in [-0.05, 0) is 67.7 Å². The molecule has 0 fully saturated rings. The lowest BCUT2D eigenvalue weighted by Crippen LogP contribution is -2.00. The van der Waals surface area contributed by atoms with Gasteiger partial charge < -0.3 is 4.42 Å². The molecule has 0 atom stereocenters. The van der Waals surface area contributed by atoms with Crippen molar-refractivity contribution in [1.29, 1.82) is 0 Å². The van der Waals surface area contributed by atoms with Crippen LogP contribution in [0.4, 0.5) is 0 Å². The number of nitrogens with zero attached hydrogens (tertiary/aromatic N) is 3. The number of para-hydroxylation sites is 1. The van der Waals surface area contributed by atoms with Gasteiger partial charge in [0.2, 0.25) is 0 Å². The Bertz CT molecular complexity index is 2860. The van der Waals surface area contributed by atoms with Crippen LogP contribution in [0.1, 0.15) is 0 Å². The second kappa shape index (κ2) is 11.0. The highest BCUT2D eigenvalue weighted by Crippen LogP contribution is 2.41. The van der Waals surface area contributed by atoms with Crippen LogP contribution >= 0.6 is 0 Å². The van der Waals surface area contributed by atoms with Gasteiger partial charge in [-0.1, -0.05) is 140 Å². The lowest BCUT2D eigenvalue weighted by molar-refractivity contribution is 0.669. The minimum atomic E-state index is 0.634. The van der Waals surface area contributed by atoms with Crippen molar-refractivity contribution >= 4 is 54.3 Å². The normalized spacial score (nSPS) is 11.7. The number of rotatable bonds is 4. The van der Waals surface area contributed by atoms with E-state index in [1.165, 1.54) is 21.7 Å². The van der Waals surface area contributed by atoms with Crippen molar-refractivity contribution < 1.29 is 4.42 Å². The molecule has 0 aliphatic heterocycles. The summed E-state index contributed by atoms with van der Waals surface area (Å²) in [5, 5.41) is 9.33. The molecule has 0 aliphatic carbocycles. The molecule has 0 unspecified atom stereocenters. The Kier molecular flexibility index (Phi) is 6.15. The molecule has 0 N–H and O–H groups in total. The lowest BCUT2D eigenvalue weighted by Gasteiger charge is -2.13. The van der Waals surface area contributed by atoms with E-state index >= 15 is 0 Å². The van der Waals surface area contributed by atoms with Gasteiger partial charge in [0.05, 0.1) is 0 Å². The molecule has 0 radical (unpaired) electrons. The van der Waals surface area contributed by atoms with Crippen molar-refractivity contribution in [2.75, 3.05) is 0 Å². The molecule has 0 spiro atoms. The molecule has 4 heteroatoms. The second-order valence-electron chi connectivity index (χ2n) is 12.4. The Morgan fingerprint density at radius 2 is 0.714 bits per heavy atom. The standard InChI is InChI=1S/C45H27N3O/c1-3-11-28(12-4-1)29-19-21-31(22-20-29)44-46-43(30-13-5-2-6-14-30)47-45(48-44)32-23-24-35-37(25-32)33-15-7-8-16-34(33)38-26-40-36-17-9-10-18-41(36)49-42(40)27-39(35)38/h1-27H. The highest BCUT2D eigenvalue weighted by molar-refractivity contribution is 6.28. The molecule has 0 aliphatic rings. The summed E-state index contributed by atoms with van der Waals surface area (Å²) >= 11 is 0. The maximum atomic E-state index is 6.33. The molecule has 49 heavy (non-hydrogen) atoms. The van der Waals surface area contributed by atoms with Gasteiger partial charge in [-0.15, -0.1) is 0 Å². The summed E-state index contributed by atoms with van der Waals surface area (Å²) in [7, 11) is 0. The molecule has 10 aromatic rings. The molecular weight excluding hydrogens is 599 g/mol. The van der Waals surface area contributed by atoms with E-state index in [1.54, 1.807) is 0 Å². The van der Waals surface area contributed by atoms with Crippen molar-refractivity contribution in [3.8, 4) is 45.3 Å². The first-order valence-corrected chi connectivity index (χ1v) is 16.4. The minimum absolute atomic E-state index is 0.634. The number of furan rings is 1. The van der Waals surface area contributed by atoms with Crippen molar-refractivity contribution in [1.82, 2.24) is 15.0 Å². The Morgan fingerprint density at radius 3 is 1.41 bits per heavy atom. The molecule has 10 rings (SSSR count). The van der Waals surface area contributed by atoms with Crippen LogP contribution in [0.3, 0.4) is 0 Å². The van der Waals surface area contributed by atoms with Gasteiger partial charge >= 0.3 is 0 Å². The van der Waals surface area contributed by atoms with E-state index in [-0.39, 0.29) is 0 Å². The van der Waals surface area contributed by atoms with Gasteiger partial charge in [-0.3, -0.25) is 0 Å². The average Bonchev–Trinajstić information content (AvgIpc) is 3.55. The van der Waals surface area contributed by atoms with Gasteiger partial charge in [0.15, 0.2) is 17.5 Å². The van der Waals surface area contributed by atoms with Gasteiger partial charge in [0.1, 0.15) is 11.2 Å².